The summed E-state index contributed by atoms with van der Waals surface area (Å²) in [5.74, 6) is -0.127. The zero-order chi connectivity index (χ0) is 21.0. The number of amides is 2. The molecule has 2 heterocycles. The Morgan fingerprint density at radius 2 is 2.00 bits per heavy atom. The fraction of sp³-hybridized carbons (Fsp3) is 0.400. The van der Waals surface area contributed by atoms with Crippen molar-refractivity contribution in [1.82, 2.24) is 9.78 Å². The average Bonchev–Trinajstić information content (AvgIpc) is 3.15. The Morgan fingerprint density at radius 1 is 1.24 bits per heavy atom. The second kappa shape index (κ2) is 8.76. The number of benzene rings is 1. The largest absolute Gasteiger partial charge is 0.482 e. The smallest absolute Gasteiger partial charge is 0.308 e. The van der Waals surface area contributed by atoms with Gasteiger partial charge in [-0.3, -0.25) is 14.4 Å². The zero-order valence-corrected chi connectivity index (χ0v) is 16.6. The molecule has 1 aromatic carbocycles. The number of hydrogen-bond acceptors (Lipinski definition) is 6. The van der Waals surface area contributed by atoms with Gasteiger partial charge in [-0.15, -0.1) is 0 Å². The van der Waals surface area contributed by atoms with Gasteiger partial charge in [0.05, 0.1) is 18.3 Å². The Hall–Kier alpha value is -3.36. The minimum absolute atomic E-state index is 0.0401. The van der Waals surface area contributed by atoms with Gasteiger partial charge in [0.1, 0.15) is 11.6 Å². The lowest BCUT2D eigenvalue weighted by molar-refractivity contribution is -0.153. The lowest BCUT2D eigenvalue weighted by Crippen LogP contribution is -2.40. The van der Waals surface area contributed by atoms with Gasteiger partial charge in [0.2, 0.25) is 0 Å². The van der Waals surface area contributed by atoms with Crippen molar-refractivity contribution in [2.45, 2.75) is 39.3 Å². The van der Waals surface area contributed by atoms with Gasteiger partial charge in [-0.25, -0.2) is 4.68 Å². The first kappa shape index (κ1) is 20.4. The van der Waals surface area contributed by atoms with Crippen LogP contribution in [0.5, 0.6) is 5.75 Å². The van der Waals surface area contributed by atoms with E-state index in [-0.39, 0.29) is 31.5 Å². The van der Waals surface area contributed by atoms with Gasteiger partial charge in [-0.2, -0.15) is 5.10 Å². The van der Waals surface area contributed by atoms with Crippen molar-refractivity contribution < 1.29 is 23.9 Å². The van der Waals surface area contributed by atoms with Crippen molar-refractivity contribution in [2.24, 2.45) is 0 Å². The monoisotopic (exact) mass is 400 g/mol. The third-order valence-corrected chi connectivity index (χ3v) is 4.44. The molecule has 1 aromatic heterocycles. The Kier molecular flexibility index (Phi) is 6.16. The number of anilines is 2. The predicted octanol–water partition coefficient (Wildman–Crippen LogP) is 2.15. The summed E-state index contributed by atoms with van der Waals surface area (Å²) >= 11 is 0. The molecule has 154 valence electrons. The van der Waals surface area contributed by atoms with Gasteiger partial charge < -0.3 is 19.7 Å². The summed E-state index contributed by atoms with van der Waals surface area (Å²) in [4.78, 5) is 38.2. The molecule has 0 fully saturated rings. The average molecular weight is 400 g/mol. The highest BCUT2D eigenvalue weighted by molar-refractivity contribution is 5.98. The Bertz CT molecular complexity index is 908. The molecule has 2 aromatic rings. The normalized spacial score (nSPS) is 14.2. The summed E-state index contributed by atoms with van der Waals surface area (Å²) in [6, 6.07) is 8.88. The molecule has 1 aliphatic rings. The van der Waals surface area contributed by atoms with E-state index in [1.807, 2.05) is 19.9 Å². The summed E-state index contributed by atoms with van der Waals surface area (Å²) < 4.78 is 12.3. The lowest BCUT2D eigenvalue weighted by atomic mass is 10.2. The first-order valence-electron chi connectivity index (χ1n) is 9.43. The van der Waals surface area contributed by atoms with Crippen molar-refractivity contribution in [3.05, 3.63) is 36.5 Å². The van der Waals surface area contributed by atoms with Crippen LogP contribution in [0.25, 0.3) is 0 Å². The first-order chi connectivity index (χ1) is 13.9. The van der Waals surface area contributed by atoms with Crippen LogP contribution in [-0.4, -0.2) is 46.8 Å². The van der Waals surface area contributed by atoms with Crippen molar-refractivity contribution in [2.75, 3.05) is 23.4 Å². The van der Waals surface area contributed by atoms with Gasteiger partial charge in [-0.1, -0.05) is 12.1 Å². The van der Waals surface area contributed by atoms with Crippen LogP contribution in [0, 0.1) is 0 Å². The van der Waals surface area contributed by atoms with E-state index in [0.29, 0.717) is 17.3 Å². The quantitative estimate of drug-likeness (QED) is 0.715. The second-order valence-corrected chi connectivity index (χ2v) is 6.93. The van der Waals surface area contributed by atoms with E-state index in [1.54, 1.807) is 35.1 Å². The molecule has 9 nitrogen and oxygen atoms in total. The van der Waals surface area contributed by atoms with E-state index in [2.05, 4.69) is 10.4 Å². The number of hydrogen-bond donors (Lipinski definition) is 1. The predicted molar refractivity (Wildman–Crippen MR) is 106 cm³/mol. The molecule has 0 spiro atoms. The van der Waals surface area contributed by atoms with E-state index in [0.717, 1.165) is 0 Å². The highest BCUT2D eigenvalue weighted by Gasteiger charge is 2.26. The Balaban J connectivity index is 1.53. The van der Waals surface area contributed by atoms with Gasteiger partial charge in [0.25, 0.3) is 11.8 Å². The van der Waals surface area contributed by atoms with Crippen molar-refractivity contribution in [3.8, 4) is 5.75 Å². The van der Waals surface area contributed by atoms with E-state index in [1.165, 1.54) is 11.8 Å². The fourth-order valence-electron chi connectivity index (χ4n) is 2.96. The van der Waals surface area contributed by atoms with Crippen LogP contribution in [-0.2, 0) is 19.1 Å². The molecule has 0 aliphatic carbocycles. The molecule has 0 saturated carbocycles. The fourth-order valence-corrected chi connectivity index (χ4v) is 2.96. The van der Waals surface area contributed by atoms with Crippen LogP contribution in [0.3, 0.4) is 0 Å². The number of aromatic nitrogens is 2. The number of para-hydroxylation sites is 2. The molecule has 2 amide bonds. The molecule has 9 heteroatoms. The molecule has 0 saturated heterocycles. The molecular weight excluding hydrogens is 376 g/mol. The van der Waals surface area contributed by atoms with Crippen LogP contribution in [0.1, 0.15) is 33.2 Å². The van der Waals surface area contributed by atoms with E-state index in [4.69, 9.17) is 9.47 Å². The summed E-state index contributed by atoms with van der Waals surface area (Å²) in [7, 11) is 0. The number of ether oxygens (including phenoxy) is 2. The third-order valence-electron chi connectivity index (χ3n) is 4.44. The summed E-state index contributed by atoms with van der Waals surface area (Å²) in [5.41, 5.74) is 0.615. The van der Waals surface area contributed by atoms with Crippen LogP contribution in [0.4, 0.5) is 11.5 Å². The molecule has 1 atom stereocenters. The molecule has 1 N–H and O–H groups in total. The van der Waals surface area contributed by atoms with Gasteiger partial charge in [-0.05, 0) is 32.9 Å². The summed E-state index contributed by atoms with van der Waals surface area (Å²) in [6.45, 7) is 5.45. The standard InChI is InChI=1S/C20H24N4O5/c1-13(2)24-17(8-10-21-24)22-20(27)14(3)29-19(26)9-11-23-15-6-4-5-7-16(15)28-12-18(23)25/h4-8,10,13-14H,9,11-12H2,1-3H3,(H,22,27)/t14-/m1/s1. The number of esters is 1. The number of fused-ring (bicyclic) bond motifs is 1. The molecule has 1 aliphatic heterocycles. The molecule has 0 radical (unpaired) electrons. The number of carbonyl (C=O) groups is 3. The second-order valence-electron chi connectivity index (χ2n) is 6.93. The minimum Gasteiger partial charge on any atom is -0.482 e. The van der Waals surface area contributed by atoms with Crippen LogP contribution in [0.2, 0.25) is 0 Å². The SMILES string of the molecule is CC(C)n1nccc1NC(=O)[C@@H](C)OC(=O)CCN1C(=O)COc2ccccc21. The number of nitrogens with one attached hydrogen (secondary N) is 1. The lowest BCUT2D eigenvalue weighted by Gasteiger charge is -2.29. The van der Waals surface area contributed by atoms with E-state index < -0.39 is 18.0 Å². The van der Waals surface area contributed by atoms with Gasteiger partial charge in [0, 0.05) is 18.7 Å². The Labute approximate surface area is 168 Å². The zero-order valence-electron chi connectivity index (χ0n) is 16.6. The Morgan fingerprint density at radius 3 is 2.76 bits per heavy atom. The molecular formula is C20H24N4O5. The van der Waals surface area contributed by atoms with E-state index >= 15 is 0 Å². The summed E-state index contributed by atoms with van der Waals surface area (Å²) in [5, 5.41) is 6.85. The van der Waals surface area contributed by atoms with Crippen LogP contribution < -0.4 is 15.0 Å². The molecule has 3 rings (SSSR count). The molecule has 0 bridgehead atoms. The maximum absolute atomic E-state index is 12.3. The highest BCUT2D eigenvalue weighted by Crippen LogP contribution is 2.31. The van der Waals surface area contributed by atoms with Crippen LogP contribution >= 0.6 is 0 Å². The number of carbonyl (C=O) groups excluding carboxylic acids is 3. The minimum atomic E-state index is -0.981. The first-order valence-corrected chi connectivity index (χ1v) is 9.43. The molecule has 0 unspecified atom stereocenters. The third kappa shape index (κ3) is 4.74. The summed E-state index contributed by atoms with van der Waals surface area (Å²) in [6.07, 6.45) is 0.566. The van der Waals surface area contributed by atoms with Crippen molar-refractivity contribution in [1.29, 1.82) is 0 Å². The van der Waals surface area contributed by atoms with E-state index in [9.17, 15) is 14.4 Å². The topological polar surface area (TPSA) is 103 Å². The maximum Gasteiger partial charge on any atom is 0.308 e. The van der Waals surface area contributed by atoms with Crippen LogP contribution in [0.15, 0.2) is 36.5 Å². The highest BCUT2D eigenvalue weighted by atomic mass is 16.5. The van der Waals surface area contributed by atoms with Crippen molar-refractivity contribution in [3.63, 3.8) is 0 Å². The number of rotatable bonds is 7. The molecule has 29 heavy (non-hydrogen) atoms. The van der Waals surface area contributed by atoms with Gasteiger partial charge in [0.15, 0.2) is 12.7 Å². The van der Waals surface area contributed by atoms with Gasteiger partial charge >= 0.3 is 5.97 Å². The number of nitrogens with zero attached hydrogens (tertiary/aromatic N) is 3. The van der Waals surface area contributed by atoms with Crippen molar-refractivity contribution >= 4 is 29.3 Å². The maximum atomic E-state index is 12.3.